The van der Waals surface area contributed by atoms with Crippen molar-refractivity contribution in [2.45, 2.75) is 25.7 Å². The van der Waals surface area contributed by atoms with Gasteiger partial charge in [-0.1, -0.05) is 17.7 Å². The van der Waals surface area contributed by atoms with Crippen molar-refractivity contribution >= 4 is 0 Å². The van der Waals surface area contributed by atoms with E-state index in [2.05, 4.69) is 12.7 Å². The van der Waals surface area contributed by atoms with Gasteiger partial charge in [-0.05, 0) is 37.5 Å². The van der Waals surface area contributed by atoms with E-state index in [0.29, 0.717) is 5.92 Å². The molecular formula is C13H20O2. The third-order valence-electron chi connectivity index (χ3n) is 4.37. The summed E-state index contributed by atoms with van der Waals surface area (Å²) in [5.41, 5.74) is 1.18. The lowest BCUT2D eigenvalue weighted by Gasteiger charge is -2.45. The molecule has 1 fully saturated rings. The summed E-state index contributed by atoms with van der Waals surface area (Å²) in [6, 6.07) is 0. The Morgan fingerprint density at radius 3 is 2.93 bits per heavy atom. The van der Waals surface area contributed by atoms with Crippen molar-refractivity contribution < 1.29 is 10.2 Å². The lowest BCUT2D eigenvalue weighted by atomic mass is 9.60. The Labute approximate surface area is 91.3 Å². The van der Waals surface area contributed by atoms with Crippen LogP contribution in [0.4, 0.5) is 0 Å². The number of aliphatic hydroxyl groups is 2. The monoisotopic (exact) mass is 208 g/mol. The molecule has 0 spiro atoms. The van der Waals surface area contributed by atoms with Gasteiger partial charge in [-0.3, -0.25) is 0 Å². The van der Waals surface area contributed by atoms with Crippen LogP contribution in [0.2, 0.25) is 0 Å². The third-order valence-corrected chi connectivity index (χ3v) is 4.37. The van der Waals surface area contributed by atoms with Gasteiger partial charge in [0.2, 0.25) is 0 Å². The largest absolute Gasteiger partial charge is 0.396 e. The topological polar surface area (TPSA) is 40.5 Å². The fourth-order valence-corrected chi connectivity index (χ4v) is 3.51. The Bertz CT molecular complexity index is 282. The highest BCUT2D eigenvalue weighted by Crippen LogP contribution is 2.55. The van der Waals surface area contributed by atoms with Crippen LogP contribution in [-0.2, 0) is 0 Å². The van der Waals surface area contributed by atoms with Crippen LogP contribution in [0, 0.1) is 17.3 Å². The van der Waals surface area contributed by atoms with E-state index in [1.165, 1.54) is 5.57 Å². The smallest absolute Gasteiger partial charge is 0.0534 e. The zero-order valence-corrected chi connectivity index (χ0v) is 9.15. The first kappa shape index (κ1) is 10.9. The van der Waals surface area contributed by atoms with Crippen molar-refractivity contribution in [3.63, 3.8) is 0 Å². The molecule has 0 bridgehead atoms. The molecule has 0 amide bonds. The molecule has 0 unspecified atom stereocenters. The Morgan fingerprint density at radius 2 is 2.33 bits per heavy atom. The quantitative estimate of drug-likeness (QED) is 0.695. The second kappa shape index (κ2) is 4.11. The minimum atomic E-state index is -0.186. The molecule has 1 saturated carbocycles. The molecule has 2 heteroatoms. The molecule has 0 aliphatic heterocycles. The van der Waals surface area contributed by atoms with E-state index in [4.69, 9.17) is 0 Å². The lowest BCUT2D eigenvalue weighted by molar-refractivity contribution is 0.0128. The molecule has 2 nitrogen and oxygen atoms in total. The van der Waals surface area contributed by atoms with Gasteiger partial charge in [-0.25, -0.2) is 0 Å². The molecule has 0 aromatic heterocycles. The van der Waals surface area contributed by atoms with E-state index in [1.54, 1.807) is 0 Å². The second-order valence-corrected chi connectivity index (χ2v) is 4.78. The van der Waals surface area contributed by atoms with E-state index >= 15 is 0 Å². The normalized spacial score (nSPS) is 39.7. The van der Waals surface area contributed by atoms with E-state index in [-0.39, 0.29) is 24.5 Å². The van der Waals surface area contributed by atoms with Gasteiger partial charge >= 0.3 is 0 Å². The van der Waals surface area contributed by atoms with Crippen molar-refractivity contribution in [2.75, 3.05) is 13.2 Å². The summed E-state index contributed by atoms with van der Waals surface area (Å²) in [5, 5.41) is 19.2. The van der Waals surface area contributed by atoms with Crippen LogP contribution < -0.4 is 0 Å². The molecule has 2 rings (SSSR count). The highest BCUT2D eigenvalue weighted by Gasteiger charge is 2.50. The van der Waals surface area contributed by atoms with Crippen molar-refractivity contribution in [1.82, 2.24) is 0 Å². The fourth-order valence-electron chi connectivity index (χ4n) is 3.51. The fraction of sp³-hybridized carbons (Fsp3) is 0.692. The summed E-state index contributed by atoms with van der Waals surface area (Å²) >= 11 is 0. The predicted molar refractivity (Wildman–Crippen MR) is 60.3 cm³/mol. The molecule has 3 atom stereocenters. The summed E-state index contributed by atoms with van der Waals surface area (Å²) in [7, 11) is 0. The van der Waals surface area contributed by atoms with E-state index in [0.717, 1.165) is 25.7 Å². The van der Waals surface area contributed by atoms with Gasteiger partial charge < -0.3 is 10.2 Å². The summed E-state index contributed by atoms with van der Waals surface area (Å²) in [6.07, 6.45) is 8.44. The molecule has 0 radical (unpaired) electrons. The zero-order valence-electron chi connectivity index (χ0n) is 9.15. The van der Waals surface area contributed by atoms with Gasteiger partial charge in [0.05, 0.1) is 6.61 Å². The molecule has 84 valence electrons. The number of fused-ring (bicyclic) bond motifs is 1. The third kappa shape index (κ3) is 1.39. The predicted octanol–water partition coefficient (Wildman–Crippen LogP) is 1.89. The average molecular weight is 208 g/mol. The van der Waals surface area contributed by atoms with Gasteiger partial charge in [0.1, 0.15) is 0 Å². The SMILES string of the molecule is C=C[C@H]1CC=C2CCC[C@H](CO)[C@]21CO. The van der Waals surface area contributed by atoms with Crippen LogP contribution >= 0.6 is 0 Å². The zero-order chi connectivity index (χ0) is 10.9. The Hall–Kier alpha value is -0.600. The number of allylic oxidation sites excluding steroid dienone is 2. The number of hydrogen-bond acceptors (Lipinski definition) is 2. The maximum atomic E-state index is 9.76. The molecule has 2 aliphatic rings. The maximum Gasteiger partial charge on any atom is 0.0534 e. The van der Waals surface area contributed by atoms with Crippen molar-refractivity contribution in [1.29, 1.82) is 0 Å². The first-order chi connectivity index (χ1) is 7.29. The number of aliphatic hydroxyl groups excluding tert-OH is 2. The van der Waals surface area contributed by atoms with Crippen LogP contribution in [0.5, 0.6) is 0 Å². The highest BCUT2D eigenvalue weighted by molar-refractivity contribution is 5.29. The molecule has 0 aromatic carbocycles. The Balaban J connectivity index is 2.37. The van der Waals surface area contributed by atoms with Gasteiger partial charge in [-0.2, -0.15) is 0 Å². The van der Waals surface area contributed by atoms with Gasteiger partial charge in [0.15, 0.2) is 0 Å². The maximum absolute atomic E-state index is 9.76. The average Bonchev–Trinajstić information content (AvgIpc) is 2.67. The van der Waals surface area contributed by atoms with Crippen LogP contribution in [0.25, 0.3) is 0 Å². The molecule has 0 saturated heterocycles. The van der Waals surface area contributed by atoms with Crippen LogP contribution in [-0.4, -0.2) is 23.4 Å². The van der Waals surface area contributed by atoms with Crippen LogP contribution in [0.3, 0.4) is 0 Å². The molecule has 15 heavy (non-hydrogen) atoms. The van der Waals surface area contributed by atoms with Gasteiger partial charge in [-0.15, -0.1) is 6.58 Å². The van der Waals surface area contributed by atoms with Crippen molar-refractivity contribution in [2.24, 2.45) is 17.3 Å². The summed E-state index contributed by atoms with van der Waals surface area (Å²) in [6.45, 7) is 4.21. The lowest BCUT2D eigenvalue weighted by Crippen LogP contribution is -2.43. The molecule has 2 aliphatic carbocycles. The number of rotatable bonds is 3. The van der Waals surface area contributed by atoms with E-state index < -0.39 is 0 Å². The molecule has 2 N–H and O–H groups in total. The summed E-state index contributed by atoms with van der Waals surface area (Å²) < 4.78 is 0. The van der Waals surface area contributed by atoms with Gasteiger partial charge in [0, 0.05) is 12.0 Å². The standard InChI is InChI=1S/C13H20O2/c1-2-10-6-7-11-4-3-5-12(8-14)13(10,11)9-15/h2,7,10,12,14-15H,1,3-6,8-9H2/t10-,12+,13-/m0/s1. The Kier molecular flexibility index (Phi) is 2.98. The van der Waals surface area contributed by atoms with Crippen molar-refractivity contribution in [3.05, 3.63) is 24.3 Å². The van der Waals surface area contributed by atoms with Crippen LogP contribution in [0.1, 0.15) is 25.7 Å². The highest BCUT2D eigenvalue weighted by atomic mass is 16.3. The van der Waals surface area contributed by atoms with Crippen LogP contribution in [0.15, 0.2) is 24.3 Å². The van der Waals surface area contributed by atoms with Gasteiger partial charge in [0.25, 0.3) is 0 Å². The van der Waals surface area contributed by atoms with E-state index in [1.807, 2.05) is 6.08 Å². The summed E-state index contributed by atoms with van der Waals surface area (Å²) in [4.78, 5) is 0. The second-order valence-electron chi connectivity index (χ2n) is 4.78. The molecule has 0 aromatic rings. The Morgan fingerprint density at radius 1 is 1.53 bits per heavy atom. The summed E-state index contributed by atoms with van der Waals surface area (Å²) in [5.74, 6) is 0.531. The molecule has 0 heterocycles. The minimum absolute atomic E-state index is 0.154. The first-order valence-electron chi connectivity index (χ1n) is 5.83. The van der Waals surface area contributed by atoms with Crippen molar-refractivity contribution in [3.8, 4) is 0 Å². The minimum Gasteiger partial charge on any atom is -0.396 e. The number of hydrogen-bond donors (Lipinski definition) is 2. The first-order valence-corrected chi connectivity index (χ1v) is 5.83. The van der Waals surface area contributed by atoms with E-state index in [9.17, 15) is 10.2 Å². The molecular weight excluding hydrogens is 188 g/mol.